The van der Waals surface area contributed by atoms with Gasteiger partial charge in [-0.1, -0.05) is 60.7 Å². The van der Waals surface area contributed by atoms with E-state index in [9.17, 15) is 14.8 Å². The van der Waals surface area contributed by atoms with E-state index in [0.717, 1.165) is 12.8 Å². The van der Waals surface area contributed by atoms with Crippen LogP contribution in [-0.4, -0.2) is 51.9 Å². The fraction of sp³-hybridized carbons (Fsp3) is 0.462. The maximum absolute atomic E-state index is 12.9. The van der Waals surface area contributed by atoms with E-state index in [2.05, 4.69) is 48.5 Å². The molecule has 0 aromatic heterocycles. The van der Waals surface area contributed by atoms with Crippen LogP contribution in [0.2, 0.25) is 0 Å². The van der Waals surface area contributed by atoms with Gasteiger partial charge >= 0.3 is 6.09 Å². The van der Waals surface area contributed by atoms with Crippen LogP contribution in [0.4, 0.5) is 4.79 Å². The van der Waals surface area contributed by atoms with Crippen LogP contribution in [0.25, 0.3) is 0 Å². The van der Waals surface area contributed by atoms with Gasteiger partial charge in [0.25, 0.3) is 0 Å². The lowest BCUT2D eigenvalue weighted by Gasteiger charge is -2.38. The predicted molar refractivity (Wildman–Crippen MR) is 123 cm³/mol. The van der Waals surface area contributed by atoms with Gasteiger partial charge in [0.15, 0.2) is 0 Å². The van der Waals surface area contributed by atoms with E-state index in [1.54, 1.807) is 25.7 Å². The van der Waals surface area contributed by atoms with Crippen molar-refractivity contribution in [3.05, 3.63) is 71.8 Å². The van der Waals surface area contributed by atoms with Crippen LogP contribution in [-0.2, 0) is 9.53 Å². The predicted octanol–water partition coefficient (Wildman–Crippen LogP) is 5.07. The van der Waals surface area contributed by atoms with Crippen molar-refractivity contribution < 1.29 is 19.5 Å². The summed E-state index contributed by atoms with van der Waals surface area (Å²) in [5.74, 6) is 0.395. The second-order valence-electron chi connectivity index (χ2n) is 9.46. The summed E-state index contributed by atoms with van der Waals surface area (Å²) in [5, 5.41) is 10.6. The molecule has 1 heterocycles. The van der Waals surface area contributed by atoms with Crippen LogP contribution in [0.5, 0.6) is 0 Å². The Morgan fingerprint density at radius 2 is 1.44 bits per heavy atom. The molecule has 1 atom stereocenters. The number of hydrogen-bond acceptors (Lipinski definition) is 4. The Hall–Kier alpha value is -2.86. The third kappa shape index (κ3) is 5.88. The van der Waals surface area contributed by atoms with Crippen LogP contribution in [0.1, 0.15) is 57.6 Å². The van der Waals surface area contributed by atoms with Crippen LogP contribution in [0, 0.1) is 5.92 Å². The Labute approximate surface area is 190 Å². The molecular formula is C26H34N2O4. The summed E-state index contributed by atoms with van der Waals surface area (Å²) in [7, 11) is 0. The number of amides is 2. The highest BCUT2D eigenvalue weighted by molar-refractivity contribution is 5.85. The van der Waals surface area contributed by atoms with Gasteiger partial charge in [-0.05, 0) is 57.6 Å². The van der Waals surface area contributed by atoms with E-state index in [-0.39, 0.29) is 11.8 Å². The average molecular weight is 439 g/mol. The van der Waals surface area contributed by atoms with Crippen molar-refractivity contribution in [1.82, 2.24) is 9.96 Å². The number of piperidine rings is 1. The second-order valence-corrected chi connectivity index (χ2v) is 9.46. The summed E-state index contributed by atoms with van der Waals surface area (Å²) >= 11 is 0. The lowest BCUT2D eigenvalue weighted by atomic mass is 9.76. The molecule has 6 heteroatoms. The number of nitrogens with zero attached hydrogens (tertiary/aromatic N) is 2. The van der Waals surface area contributed by atoms with Crippen molar-refractivity contribution in [1.29, 1.82) is 0 Å². The zero-order chi connectivity index (χ0) is 23.3. The normalized spacial score (nSPS) is 16.0. The molecule has 172 valence electrons. The molecule has 2 aromatic rings. The number of benzene rings is 2. The highest BCUT2D eigenvalue weighted by Gasteiger charge is 2.35. The molecule has 1 fully saturated rings. The van der Waals surface area contributed by atoms with E-state index < -0.39 is 17.7 Å². The first-order chi connectivity index (χ1) is 15.2. The van der Waals surface area contributed by atoms with Gasteiger partial charge < -0.3 is 9.64 Å². The molecule has 2 aromatic carbocycles. The van der Waals surface area contributed by atoms with Crippen molar-refractivity contribution in [2.45, 2.75) is 58.1 Å². The lowest BCUT2D eigenvalue weighted by Crippen LogP contribution is -2.51. The lowest BCUT2D eigenvalue weighted by molar-refractivity contribution is -0.158. The Morgan fingerprint density at radius 3 is 1.88 bits per heavy atom. The quantitative estimate of drug-likeness (QED) is 0.523. The van der Waals surface area contributed by atoms with Gasteiger partial charge in [-0.25, -0.2) is 4.79 Å². The van der Waals surface area contributed by atoms with E-state index in [0.29, 0.717) is 24.1 Å². The number of hydroxylamine groups is 2. The van der Waals surface area contributed by atoms with Crippen LogP contribution < -0.4 is 0 Å². The van der Waals surface area contributed by atoms with Crippen molar-refractivity contribution in [2.75, 3.05) is 13.1 Å². The maximum Gasteiger partial charge on any atom is 0.435 e. The number of carbonyl (C=O) groups excluding carboxylic acids is 2. The smallest absolute Gasteiger partial charge is 0.435 e. The van der Waals surface area contributed by atoms with Crippen LogP contribution in [0.3, 0.4) is 0 Å². The minimum absolute atomic E-state index is 0.267. The Balaban J connectivity index is 1.66. The Morgan fingerprint density at radius 1 is 0.969 bits per heavy atom. The number of rotatable bonds is 5. The number of likely N-dealkylation sites (tertiary alicyclic amines) is 1. The minimum Gasteiger partial charge on any atom is -0.442 e. The van der Waals surface area contributed by atoms with Crippen molar-refractivity contribution in [3.8, 4) is 0 Å². The van der Waals surface area contributed by atoms with E-state index in [1.165, 1.54) is 18.1 Å². The summed E-state index contributed by atoms with van der Waals surface area (Å²) in [6, 6.07) is 20.0. The second kappa shape index (κ2) is 10.2. The van der Waals surface area contributed by atoms with Gasteiger partial charge in [-0.3, -0.25) is 10.0 Å². The molecular weight excluding hydrogens is 404 g/mol. The number of carbonyl (C=O) groups is 2. The minimum atomic E-state index is -1.000. The first-order valence-corrected chi connectivity index (χ1v) is 11.3. The van der Waals surface area contributed by atoms with Gasteiger partial charge in [-0.2, -0.15) is 5.06 Å². The van der Waals surface area contributed by atoms with Crippen LogP contribution >= 0.6 is 0 Å². The fourth-order valence-electron chi connectivity index (χ4n) is 4.35. The molecule has 0 saturated carbocycles. The maximum atomic E-state index is 12.9. The highest BCUT2D eigenvalue weighted by atomic mass is 16.6. The van der Waals surface area contributed by atoms with E-state index in [4.69, 9.17) is 4.74 Å². The summed E-state index contributed by atoms with van der Waals surface area (Å²) in [6.45, 7) is 7.84. The summed E-state index contributed by atoms with van der Waals surface area (Å²) in [6.07, 6.45) is 0.789. The van der Waals surface area contributed by atoms with Crippen LogP contribution in [0.15, 0.2) is 60.7 Å². The molecule has 0 bridgehead atoms. The van der Waals surface area contributed by atoms with Crippen molar-refractivity contribution >= 4 is 12.0 Å². The zero-order valence-corrected chi connectivity index (χ0v) is 19.4. The molecule has 2 amide bonds. The van der Waals surface area contributed by atoms with E-state index >= 15 is 0 Å². The summed E-state index contributed by atoms with van der Waals surface area (Å²) in [4.78, 5) is 26.8. The third-order valence-electron chi connectivity index (χ3n) is 5.94. The molecule has 1 aliphatic rings. The topological polar surface area (TPSA) is 70.1 Å². The van der Waals surface area contributed by atoms with E-state index in [1.807, 2.05) is 12.1 Å². The molecule has 0 spiro atoms. The zero-order valence-electron chi connectivity index (χ0n) is 19.4. The molecule has 3 rings (SSSR count). The van der Waals surface area contributed by atoms with Crippen molar-refractivity contribution in [3.63, 3.8) is 0 Å². The molecule has 0 aliphatic carbocycles. The van der Waals surface area contributed by atoms with Gasteiger partial charge in [0.1, 0.15) is 11.6 Å². The first kappa shape index (κ1) is 23.8. The number of ether oxygens (including phenoxy) is 1. The van der Waals surface area contributed by atoms with Gasteiger partial charge in [0, 0.05) is 19.0 Å². The van der Waals surface area contributed by atoms with Gasteiger partial charge in [-0.15, -0.1) is 0 Å². The molecule has 0 unspecified atom stereocenters. The van der Waals surface area contributed by atoms with Gasteiger partial charge in [0.05, 0.1) is 0 Å². The molecule has 1 N–H and O–H groups in total. The molecule has 0 radical (unpaired) electrons. The molecule has 1 aliphatic heterocycles. The van der Waals surface area contributed by atoms with Crippen molar-refractivity contribution in [2.24, 2.45) is 5.92 Å². The standard InChI is InChI=1S/C26H34N2O4/c1-19(28(31)25(30)32-26(2,3)4)24(29)27-17-15-22(16-18-27)23(20-11-7-5-8-12-20)21-13-9-6-10-14-21/h5-14,19,22-23,31H,15-18H2,1-4H3/t19-/m0/s1. The molecule has 6 nitrogen and oxygen atoms in total. The van der Waals surface area contributed by atoms with Gasteiger partial charge in [0.2, 0.25) is 5.91 Å². The fourth-order valence-corrected chi connectivity index (χ4v) is 4.35. The Bertz CT molecular complexity index is 848. The largest absolute Gasteiger partial charge is 0.442 e. The molecule has 1 saturated heterocycles. The summed E-state index contributed by atoms with van der Waals surface area (Å²) in [5.41, 5.74) is 1.81. The average Bonchev–Trinajstić information content (AvgIpc) is 2.78. The monoisotopic (exact) mass is 438 g/mol. The number of hydrogen-bond donors (Lipinski definition) is 1. The molecule has 32 heavy (non-hydrogen) atoms. The Kier molecular flexibility index (Phi) is 7.56. The SMILES string of the molecule is C[C@@H](C(=O)N1CCC(C(c2ccccc2)c2ccccc2)CC1)N(O)C(=O)OC(C)(C)C. The first-order valence-electron chi connectivity index (χ1n) is 11.3. The third-order valence-corrected chi connectivity index (χ3v) is 5.94. The summed E-state index contributed by atoms with van der Waals surface area (Å²) < 4.78 is 5.17. The highest BCUT2D eigenvalue weighted by Crippen LogP contribution is 2.38.